The first-order valence-corrected chi connectivity index (χ1v) is 9.94. The first kappa shape index (κ1) is 21.8. The van der Waals surface area contributed by atoms with Gasteiger partial charge in [0.2, 0.25) is 0 Å². The van der Waals surface area contributed by atoms with Gasteiger partial charge in [0.1, 0.15) is 0 Å². The summed E-state index contributed by atoms with van der Waals surface area (Å²) in [5.41, 5.74) is -5.02. The third kappa shape index (κ3) is 5.04. The van der Waals surface area contributed by atoms with Gasteiger partial charge in [-0.1, -0.05) is 0 Å². The average Bonchev–Trinajstić information content (AvgIpc) is 2.62. The molecular formula is C17H15F3N2O4S2. The lowest BCUT2D eigenvalue weighted by atomic mass is 10.2. The quantitative estimate of drug-likeness (QED) is 0.739. The Labute approximate surface area is 163 Å². The number of halogens is 3. The molecule has 2 aromatic rings. The Kier molecular flexibility index (Phi) is 6.40. The number of carbonyl (C=O) groups excluding carboxylic acids is 2. The van der Waals surface area contributed by atoms with E-state index in [0.717, 1.165) is 36.0 Å². The monoisotopic (exact) mass is 432 g/mol. The minimum absolute atomic E-state index is 0.0117. The summed E-state index contributed by atoms with van der Waals surface area (Å²) in [6.07, 6.45) is 0. The van der Waals surface area contributed by atoms with Gasteiger partial charge >= 0.3 is 5.51 Å². The van der Waals surface area contributed by atoms with Crippen LogP contribution >= 0.6 is 11.8 Å². The number of rotatable bonds is 4. The van der Waals surface area contributed by atoms with E-state index in [-0.39, 0.29) is 10.8 Å². The SMILES string of the molecule is CN(C)C(=O)Sc1ccc(NC(=O)c2ccc(S(=O)(=O)C(F)(F)F)cc2)cc1. The van der Waals surface area contributed by atoms with Crippen molar-refractivity contribution in [2.75, 3.05) is 19.4 Å². The van der Waals surface area contributed by atoms with Crippen molar-refractivity contribution in [2.24, 2.45) is 0 Å². The van der Waals surface area contributed by atoms with Gasteiger partial charge in [-0.05, 0) is 60.3 Å². The van der Waals surface area contributed by atoms with Gasteiger partial charge in [0, 0.05) is 30.2 Å². The maximum atomic E-state index is 12.5. The molecule has 28 heavy (non-hydrogen) atoms. The molecule has 0 heterocycles. The van der Waals surface area contributed by atoms with Crippen LogP contribution in [-0.4, -0.2) is 44.1 Å². The van der Waals surface area contributed by atoms with Crippen LogP contribution in [0.1, 0.15) is 10.4 Å². The van der Waals surface area contributed by atoms with Crippen LogP contribution in [0.5, 0.6) is 0 Å². The van der Waals surface area contributed by atoms with Crippen molar-refractivity contribution in [1.29, 1.82) is 0 Å². The molecule has 2 amide bonds. The average molecular weight is 432 g/mol. The van der Waals surface area contributed by atoms with E-state index in [2.05, 4.69) is 5.32 Å². The Hall–Kier alpha value is -2.53. The van der Waals surface area contributed by atoms with E-state index in [4.69, 9.17) is 0 Å². The molecule has 0 atom stereocenters. The normalized spacial score (nSPS) is 11.8. The summed E-state index contributed by atoms with van der Waals surface area (Å²) in [4.78, 5) is 24.9. The summed E-state index contributed by atoms with van der Waals surface area (Å²) in [5.74, 6) is -0.624. The molecule has 0 aliphatic carbocycles. The second kappa shape index (κ2) is 8.23. The Morgan fingerprint density at radius 1 is 0.964 bits per heavy atom. The molecule has 0 radical (unpaired) electrons. The molecule has 2 aromatic carbocycles. The molecule has 0 aliphatic rings. The number of benzene rings is 2. The van der Waals surface area contributed by atoms with Crippen LogP contribution in [0.4, 0.5) is 23.7 Å². The molecule has 6 nitrogen and oxygen atoms in total. The summed E-state index contributed by atoms with van der Waals surface area (Å²) in [5, 5.41) is 2.37. The second-order valence-corrected chi connectivity index (χ2v) is 8.68. The van der Waals surface area contributed by atoms with E-state index in [9.17, 15) is 31.2 Å². The fraction of sp³-hybridized carbons (Fsp3) is 0.176. The lowest BCUT2D eigenvalue weighted by molar-refractivity contribution is -0.0436. The zero-order valence-corrected chi connectivity index (χ0v) is 16.3. The van der Waals surface area contributed by atoms with Gasteiger partial charge in [-0.25, -0.2) is 8.42 Å². The molecule has 11 heteroatoms. The molecule has 0 unspecified atom stereocenters. The molecule has 150 valence electrons. The number of hydrogen-bond donors (Lipinski definition) is 1. The van der Waals surface area contributed by atoms with Crippen molar-refractivity contribution in [1.82, 2.24) is 4.90 Å². The number of amides is 2. The fourth-order valence-electron chi connectivity index (χ4n) is 1.92. The van der Waals surface area contributed by atoms with Gasteiger partial charge in [0.05, 0.1) is 4.90 Å². The number of carbonyl (C=O) groups is 2. The zero-order chi connectivity index (χ0) is 21.1. The van der Waals surface area contributed by atoms with Crippen molar-refractivity contribution in [3.05, 3.63) is 54.1 Å². The molecule has 1 N–H and O–H groups in total. The highest BCUT2D eigenvalue weighted by atomic mass is 32.2. The lowest BCUT2D eigenvalue weighted by Crippen LogP contribution is -2.23. The van der Waals surface area contributed by atoms with E-state index in [1.807, 2.05) is 0 Å². The number of sulfone groups is 1. The number of anilines is 1. The van der Waals surface area contributed by atoms with E-state index < -0.39 is 26.1 Å². The maximum Gasteiger partial charge on any atom is 0.501 e. The summed E-state index contributed by atoms with van der Waals surface area (Å²) in [7, 11) is -2.22. The fourth-order valence-corrected chi connectivity index (χ4v) is 3.34. The molecule has 2 rings (SSSR count). The predicted octanol–water partition coefficient (Wildman–Crippen LogP) is 4.01. The standard InChI is InChI=1S/C17H15F3N2O4S2/c1-22(2)16(24)27-13-7-5-12(6-8-13)21-15(23)11-3-9-14(10-4-11)28(25,26)17(18,19)20/h3-10H,1-2H3,(H,21,23). The third-order valence-electron chi connectivity index (χ3n) is 3.41. The van der Waals surface area contributed by atoms with Crippen LogP contribution in [0.2, 0.25) is 0 Å². The summed E-state index contributed by atoms with van der Waals surface area (Å²) >= 11 is 1.01. The maximum absolute atomic E-state index is 12.5. The minimum atomic E-state index is -5.46. The highest BCUT2D eigenvalue weighted by molar-refractivity contribution is 8.13. The van der Waals surface area contributed by atoms with Crippen LogP contribution in [0.25, 0.3) is 0 Å². The van der Waals surface area contributed by atoms with E-state index in [1.165, 1.54) is 4.90 Å². The van der Waals surface area contributed by atoms with E-state index in [1.54, 1.807) is 38.4 Å². The van der Waals surface area contributed by atoms with Gasteiger partial charge in [-0.15, -0.1) is 0 Å². The first-order chi connectivity index (χ1) is 12.9. The van der Waals surface area contributed by atoms with Crippen LogP contribution in [0.3, 0.4) is 0 Å². The van der Waals surface area contributed by atoms with Crippen LogP contribution in [-0.2, 0) is 9.84 Å². The topological polar surface area (TPSA) is 83.6 Å². The smallest absolute Gasteiger partial charge is 0.339 e. The molecule has 0 aromatic heterocycles. The Morgan fingerprint density at radius 2 is 1.50 bits per heavy atom. The van der Waals surface area contributed by atoms with Gasteiger partial charge in [-0.3, -0.25) is 9.59 Å². The Balaban J connectivity index is 2.08. The molecule has 0 saturated heterocycles. The summed E-state index contributed by atoms with van der Waals surface area (Å²) in [6, 6.07) is 9.81. The number of hydrogen-bond acceptors (Lipinski definition) is 5. The van der Waals surface area contributed by atoms with Crippen molar-refractivity contribution in [3.8, 4) is 0 Å². The molecule has 0 spiro atoms. The van der Waals surface area contributed by atoms with Gasteiger partial charge < -0.3 is 10.2 Å². The summed E-state index contributed by atoms with van der Waals surface area (Å²) < 4.78 is 60.2. The minimum Gasteiger partial charge on any atom is -0.339 e. The van der Waals surface area contributed by atoms with Crippen LogP contribution in [0, 0.1) is 0 Å². The predicted molar refractivity (Wildman–Crippen MR) is 99.0 cm³/mol. The summed E-state index contributed by atoms with van der Waals surface area (Å²) in [6.45, 7) is 0. The number of alkyl halides is 3. The van der Waals surface area contributed by atoms with E-state index >= 15 is 0 Å². The van der Waals surface area contributed by atoms with Crippen molar-refractivity contribution < 1.29 is 31.2 Å². The number of thioether (sulfide) groups is 1. The first-order valence-electron chi connectivity index (χ1n) is 7.64. The van der Waals surface area contributed by atoms with Crippen molar-refractivity contribution in [2.45, 2.75) is 15.3 Å². The number of nitrogens with one attached hydrogen (secondary N) is 1. The van der Waals surface area contributed by atoms with Crippen LogP contribution in [0.15, 0.2) is 58.3 Å². The molecule has 0 saturated carbocycles. The second-order valence-electron chi connectivity index (χ2n) is 5.71. The van der Waals surface area contributed by atoms with Gasteiger partial charge in [0.15, 0.2) is 0 Å². The highest BCUT2D eigenvalue weighted by Crippen LogP contribution is 2.30. The number of nitrogens with zero attached hydrogens (tertiary/aromatic N) is 1. The Morgan fingerprint density at radius 3 is 1.96 bits per heavy atom. The third-order valence-corrected chi connectivity index (χ3v) is 5.96. The van der Waals surface area contributed by atoms with Crippen molar-refractivity contribution >= 4 is 38.4 Å². The largest absolute Gasteiger partial charge is 0.501 e. The molecular weight excluding hydrogens is 417 g/mol. The van der Waals surface area contributed by atoms with E-state index in [0.29, 0.717) is 10.6 Å². The Bertz CT molecular complexity index is 971. The zero-order valence-electron chi connectivity index (χ0n) is 14.6. The van der Waals surface area contributed by atoms with Crippen molar-refractivity contribution in [3.63, 3.8) is 0 Å². The lowest BCUT2D eigenvalue weighted by Gasteiger charge is -2.10. The molecule has 0 bridgehead atoms. The van der Waals surface area contributed by atoms with Gasteiger partial charge in [0.25, 0.3) is 21.0 Å². The molecule has 0 fully saturated rings. The van der Waals surface area contributed by atoms with Crippen LogP contribution < -0.4 is 5.32 Å². The molecule has 0 aliphatic heterocycles. The van der Waals surface area contributed by atoms with Gasteiger partial charge in [-0.2, -0.15) is 13.2 Å². The highest BCUT2D eigenvalue weighted by Gasteiger charge is 2.46.